The van der Waals surface area contributed by atoms with Gasteiger partial charge < -0.3 is 29.4 Å². The van der Waals surface area contributed by atoms with Crippen LogP contribution in [0.3, 0.4) is 0 Å². The van der Waals surface area contributed by atoms with Crippen molar-refractivity contribution in [3.05, 3.63) is 11.1 Å². The molecule has 0 aliphatic carbocycles. The summed E-state index contributed by atoms with van der Waals surface area (Å²) in [6.07, 6.45) is 2.81. The van der Waals surface area contributed by atoms with Gasteiger partial charge in [0.2, 0.25) is 0 Å². The van der Waals surface area contributed by atoms with Gasteiger partial charge in [-0.3, -0.25) is 4.57 Å². The molecule has 0 amide bonds. The van der Waals surface area contributed by atoms with Gasteiger partial charge in [0.05, 0.1) is 6.61 Å². The number of anilines is 1. The predicted octanol–water partition coefficient (Wildman–Crippen LogP) is 2.13. The van der Waals surface area contributed by atoms with Gasteiger partial charge in [0.25, 0.3) is 0 Å². The fraction of sp³-hybridized carbons (Fsp3) is 0.722. The van der Waals surface area contributed by atoms with E-state index in [4.69, 9.17) is 29.4 Å². The summed E-state index contributed by atoms with van der Waals surface area (Å²) in [5.41, 5.74) is 7.04. The van der Waals surface area contributed by atoms with Crippen LogP contribution in [0.1, 0.15) is 39.3 Å². The number of nitrogen functional groups attached to an aromatic ring is 1. The van der Waals surface area contributed by atoms with Crippen molar-refractivity contribution in [1.82, 2.24) is 19.5 Å². The molecular weight excluding hydrogens is 446 g/mol. The lowest BCUT2D eigenvalue weighted by Crippen LogP contribution is -2.35. The molecule has 5 atom stereocenters. The number of hydrogen-bond acceptors (Lipinski definition) is 9. The maximum atomic E-state index is 6.35. The normalized spacial score (nSPS) is 34.0. The minimum atomic E-state index is -0.728. The summed E-state index contributed by atoms with van der Waals surface area (Å²) < 4.78 is 32.7. The largest absolute Gasteiger partial charge is 0.382 e. The molecule has 5 heterocycles. The Morgan fingerprint density at radius 2 is 2.10 bits per heavy atom. The first-order valence-electron chi connectivity index (χ1n) is 9.81. The Kier molecular flexibility index (Phi) is 5.00. The summed E-state index contributed by atoms with van der Waals surface area (Å²) in [5, 5.41) is 0. The molecule has 158 valence electrons. The zero-order chi connectivity index (χ0) is 20.2. The molecule has 3 aliphatic rings. The van der Waals surface area contributed by atoms with Gasteiger partial charge in [-0.1, -0.05) is 0 Å². The molecule has 3 fully saturated rings. The Morgan fingerprint density at radius 1 is 1.28 bits per heavy atom. The lowest BCUT2D eigenvalue weighted by atomic mass is 10.1. The predicted molar refractivity (Wildman–Crippen MR) is 105 cm³/mol. The molecule has 0 aromatic carbocycles. The Balaban J connectivity index is 1.43. The minimum Gasteiger partial charge on any atom is -0.382 e. The zero-order valence-corrected chi connectivity index (χ0v) is 17.9. The molecule has 11 heteroatoms. The number of hydrogen-bond donors (Lipinski definition) is 1. The summed E-state index contributed by atoms with van der Waals surface area (Å²) in [4.78, 5) is 12.8. The molecule has 3 saturated heterocycles. The first-order valence-corrected chi connectivity index (χ1v) is 10.6. The van der Waals surface area contributed by atoms with Crippen molar-refractivity contribution in [1.29, 1.82) is 0 Å². The van der Waals surface area contributed by atoms with E-state index >= 15 is 0 Å². The molecule has 2 aromatic rings. The molecule has 3 aliphatic heterocycles. The monoisotopic (exact) mass is 469 g/mol. The fourth-order valence-corrected chi connectivity index (χ4v) is 4.72. The van der Waals surface area contributed by atoms with Gasteiger partial charge in [-0.25, -0.2) is 15.0 Å². The fourth-order valence-electron chi connectivity index (χ4n) is 4.17. The van der Waals surface area contributed by atoms with Gasteiger partial charge in [-0.15, -0.1) is 0 Å². The van der Waals surface area contributed by atoms with E-state index < -0.39 is 12.0 Å². The third-order valence-electron chi connectivity index (χ3n) is 5.43. The Labute approximate surface area is 176 Å². The van der Waals surface area contributed by atoms with Crippen LogP contribution in [0.25, 0.3) is 11.2 Å². The average molecular weight is 470 g/mol. The zero-order valence-electron chi connectivity index (χ0n) is 16.3. The second-order valence-corrected chi connectivity index (χ2v) is 8.65. The minimum absolute atomic E-state index is 0.200. The van der Waals surface area contributed by atoms with Crippen molar-refractivity contribution in [3.63, 3.8) is 0 Å². The maximum Gasteiger partial charge on any atom is 0.181 e. The van der Waals surface area contributed by atoms with Gasteiger partial charge in [-0.2, -0.15) is 0 Å². The molecule has 0 saturated carbocycles. The highest BCUT2D eigenvalue weighted by atomic mass is 79.9. The van der Waals surface area contributed by atoms with E-state index in [0.717, 1.165) is 25.9 Å². The second-order valence-electron chi connectivity index (χ2n) is 7.94. The first kappa shape index (κ1) is 19.6. The van der Waals surface area contributed by atoms with Gasteiger partial charge in [0, 0.05) is 6.61 Å². The Morgan fingerprint density at radius 3 is 2.90 bits per heavy atom. The number of imidazole rings is 1. The van der Waals surface area contributed by atoms with E-state index in [0.29, 0.717) is 28.3 Å². The third-order valence-corrected chi connectivity index (χ3v) is 5.99. The van der Waals surface area contributed by atoms with Crippen LogP contribution in [0.4, 0.5) is 5.82 Å². The maximum absolute atomic E-state index is 6.35. The van der Waals surface area contributed by atoms with Crippen molar-refractivity contribution >= 4 is 32.9 Å². The van der Waals surface area contributed by atoms with E-state index in [2.05, 4.69) is 30.9 Å². The number of halogens is 1. The number of rotatable bonds is 4. The van der Waals surface area contributed by atoms with E-state index in [1.165, 1.54) is 6.33 Å². The van der Waals surface area contributed by atoms with Crippen LogP contribution >= 0.6 is 15.9 Å². The second kappa shape index (κ2) is 7.40. The van der Waals surface area contributed by atoms with Crippen LogP contribution in [0.2, 0.25) is 0 Å². The van der Waals surface area contributed by atoms with Crippen molar-refractivity contribution < 1.29 is 23.7 Å². The molecule has 0 radical (unpaired) electrons. The highest BCUT2D eigenvalue weighted by Gasteiger charge is 2.56. The Hall–Kier alpha value is -1.37. The number of nitrogens with two attached hydrogens (primary N) is 1. The quantitative estimate of drug-likeness (QED) is 0.671. The van der Waals surface area contributed by atoms with Crippen LogP contribution in [-0.4, -0.2) is 63.1 Å². The van der Waals surface area contributed by atoms with Crippen molar-refractivity contribution in [2.75, 3.05) is 18.9 Å². The van der Waals surface area contributed by atoms with E-state index in [1.54, 1.807) is 0 Å². The molecule has 5 rings (SSSR count). The third kappa shape index (κ3) is 3.53. The summed E-state index contributed by atoms with van der Waals surface area (Å²) in [5.74, 6) is -0.421. The molecule has 2 aromatic heterocycles. The van der Waals surface area contributed by atoms with E-state index in [9.17, 15) is 0 Å². The van der Waals surface area contributed by atoms with Crippen LogP contribution < -0.4 is 5.73 Å². The SMILES string of the molecule is CC1(C)O[C@@H]2[C@H](O1)[C@@H](COC1CCCCO1)O[C@H]2n1c(Br)nc2c(N)ncnc21. The van der Waals surface area contributed by atoms with Crippen molar-refractivity contribution in [3.8, 4) is 0 Å². The van der Waals surface area contributed by atoms with Crippen LogP contribution in [0.15, 0.2) is 11.1 Å². The molecule has 29 heavy (non-hydrogen) atoms. The lowest BCUT2D eigenvalue weighted by molar-refractivity contribution is -0.219. The van der Waals surface area contributed by atoms with Crippen LogP contribution in [0.5, 0.6) is 0 Å². The molecule has 1 unspecified atom stereocenters. The number of aromatic nitrogens is 4. The highest BCUT2D eigenvalue weighted by molar-refractivity contribution is 9.10. The van der Waals surface area contributed by atoms with Gasteiger partial charge in [0.15, 0.2) is 40.0 Å². The summed E-state index contributed by atoms with van der Waals surface area (Å²) in [6, 6.07) is 0. The number of nitrogens with zero attached hydrogens (tertiary/aromatic N) is 4. The van der Waals surface area contributed by atoms with Gasteiger partial charge in [-0.05, 0) is 49.0 Å². The molecule has 0 bridgehead atoms. The molecule has 2 N–H and O–H groups in total. The standard InChI is InChI=1S/C18H24BrN5O5/c1-18(2)28-12-9(7-26-10-5-3-4-6-25-10)27-16(13(12)29-18)24-15-11(23-17(24)19)14(20)21-8-22-15/h8-10,12-13,16H,3-7H2,1-2H3,(H2,20,21,22)/t9-,10?,12-,13-,16-/m1/s1. The van der Waals surface area contributed by atoms with E-state index in [-0.39, 0.29) is 24.6 Å². The van der Waals surface area contributed by atoms with Crippen LogP contribution in [0, 0.1) is 0 Å². The van der Waals surface area contributed by atoms with E-state index in [1.807, 2.05) is 18.4 Å². The smallest absolute Gasteiger partial charge is 0.181 e. The van der Waals surface area contributed by atoms with Crippen LogP contribution in [-0.2, 0) is 23.7 Å². The first-order chi connectivity index (χ1) is 13.9. The van der Waals surface area contributed by atoms with Gasteiger partial charge >= 0.3 is 0 Å². The summed E-state index contributed by atoms with van der Waals surface area (Å²) in [6.45, 7) is 4.87. The van der Waals surface area contributed by atoms with Crippen molar-refractivity contribution in [2.24, 2.45) is 0 Å². The van der Waals surface area contributed by atoms with Crippen molar-refractivity contribution in [2.45, 2.75) is 69.7 Å². The lowest BCUT2D eigenvalue weighted by Gasteiger charge is -2.27. The number of fused-ring (bicyclic) bond motifs is 2. The number of ether oxygens (including phenoxy) is 5. The highest BCUT2D eigenvalue weighted by Crippen LogP contribution is 2.45. The molecular formula is C18H24BrN5O5. The molecule has 0 spiro atoms. The summed E-state index contributed by atoms with van der Waals surface area (Å²) >= 11 is 3.50. The average Bonchev–Trinajstić information content (AvgIpc) is 3.30. The topological polar surface area (TPSA) is 116 Å². The molecule has 10 nitrogen and oxygen atoms in total. The summed E-state index contributed by atoms with van der Waals surface area (Å²) in [7, 11) is 0. The van der Waals surface area contributed by atoms with Gasteiger partial charge in [0.1, 0.15) is 24.6 Å². The Bertz CT molecular complexity index is 902.